The first-order valence-electron chi connectivity index (χ1n) is 4.88. The van der Waals surface area contributed by atoms with Gasteiger partial charge in [0, 0.05) is 6.54 Å². The number of carbonyl (C=O) groups is 1. The van der Waals surface area contributed by atoms with Crippen LogP contribution in [0, 0.1) is 0 Å². The average molecular weight is 217 g/mol. The molecule has 0 aromatic heterocycles. The van der Waals surface area contributed by atoms with E-state index < -0.39 is 5.54 Å². The van der Waals surface area contributed by atoms with E-state index >= 15 is 0 Å². The maximum absolute atomic E-state index is 11.3. The molecule has 0 fully saturated rings. The molecule has 0 aliphatic carbocycles. The number of amides is 2. The summed E-state index contributed by atoms with van der Waals surface area (Å²) in [4.78, 5) is 11.7. The van der Waals surface area contributed by atoms with Gasteiger partial charge in [0.1, 0.15) is 0 Å². The normalized spacial score (nSPS) is 10.8. The van der Waals surface area contributed by atoms with Crippen molar-refractivity contribution in [2.75, 3.05) is 6.54 Å². The lowest BCUT2D eigenvalue weighted by Crippen LogP contribution is -2.58. The fourth-order valence-electron chi connectivity index (χ4n) is 1.26. The lowest BCUT2D eigenvalue weighted by molar-refractivity contribution is 0.232. The predicted octanol–water partition coefficient (Wildman–Crippen LogP) is 1.15. The number of carbonyl (C=O) groups excluding carboxylic acids is 1. The molecule has 0 spiro atoms. The molecule has 2 amide bonds. The zero-order valence-electron chi connectivity index (χ0n) is 9.02. The van der Waals surface area contributed by atoms with E-state index in [1.54, 1.807) is 0 Å². The highest BCUT2D eigenvalue weighted by Crippen LogP contribution is 2.15. The Balaban J connectivity index is 4.51. The Morgan fingerprint density at radius 1 is 1.36 bits per heavy atom. The number of nitrogens with two attached hydrogens (primary N) is 1. The molecular weight excluding hydrogens is 198 g/mol. The minimum atomic E-state index is -0.547. The third kappa shape index (κ3) is 3.14. The van der Waals surface area contributed by atoms with Crippen LogP contribution in [0.25, 0.3) is 0 Å². The van der Waals surface area contributed by atoms with E-state index in [1.165, 1.54) is 0 Å². The molecule has 0 aromatic rings. The zero-order valence-corrected chi connectivity index (χ0v) is 9.83. The lowest BCUT2D eigenvalue weighted by atomic mass is 9.93. The number of hydrogen-bond acceptors (Lipinski definition) is 2. The smallest absolute Gasteiger partial charge is 0.315 e. The minimum absolute atomic E-state index is 0.219. The summed E-state index contributed by atoms with van der Waals surface area (Å²) in [5, 5.41) is 5.47. The van der Waals surface area contributed by atoms with E-state index in [-0.39, 0.29) is 6.03 Å². The first kappa shape index (κ1) is 13.2. The minimum Gasteiger partial charge on any atom is -0.391 e. The van der Waals surface area contributed by atoms with Crippen LogP contribution in [-0.2, 0) is 0 Å². The highest BCUT2D eigenvalue weighted by Gasteiger charge is 2.30. The molecule has 82 valence electrons. The molecule has 4 nitrogen and oxygen atoms in total. The van der Waals surface area contributed by atoms with Gasteiger partial charge >= 0.3 is 6.03 Å². The molecule has 0 saturated carbocycles. The van der Waals surface area contributed by atoms with Gasteiger partial charge in [-0.3, -0.25) is 0 Å². The molecule has 4 N–H and O–H groups in total. The molecular formula is C9H19N3OS. The Morgan fingerprint density at radius 2 is 1.86 bits per heavy atom. The van der Waals surface area contributed by atoms with Crippen molar-refractivity contribution in [2.24, 2.45) is 5.73 Å². The highest BCUT2D eigenvalue weighted by atomic mass is 32.1. The van der Waals surface area contributed by atoms with Crippen molar-refractivity contribution in [3.8, 4) is 0 Å². The van der Waals surface area contributed by atoms with Crippen molar-refractivity contribution in [3.63, 3.8) is 0 Å². The molecule has 0 atom stereocenters. The Hall–Kier alpha value is -0.840. The third-order valence-corrected chi connectivity index (χ3v) is 2.76. The van der Waals surface area contributed by atoms with Crippen LogP contribution < -0.4 is 16.4 Å². The Kier molecular flexibility index (Phi) is 5.45. The molecule has 0 rings (SSSR count). The molecule has 0 saturated heterocycles. The maximum Gasteiger partial charge on any atom is 0.315 e. The summed E-state index contributed by atoms with van der Waals surface area (Å²) in [6.07, 6.45) is 1.41. The van der Waals surface area contributed by atoms with Crippen LogP contribution >= 0.6 is 12.2 Å². The van der Waals surface area contributed by atoms with E-state index in [1.807, 2.05) is 20.8 Å². The standard InChI is InChI=1S/C9H19N3OS/c1-4-9(5-2,7(10)14)12-8(13)11-6-3/h4-6H2,1-3H3,(H2,10,14)(H2,11,12,13). The number of thiocarbonyl (C=S) groups is 1. The zero-order chi connectivity index (χ0) is 11.2. The SMILES string of the molecule is CCNC(=O)NC(CC)(CC)C(N)=S. The van der Waals surface area contributed by atoms with Gasteiger partial charge in [-0.1, -0.05) is 26.1 Å². The number of rotatable bonds is 5. The van der Waals surface area contributed by atoms with E-state index in [9.17, 15) is 4.79 Å². The third-order valence-electron chi connectivity index (χ3n) is 2.37. The molecule has 0 aliphatic rings. The lowest BCUT2D eigenvalue weighted by Gasteiger charge is -2.31. The predicted molar refractivity (Wildman–Crippen MR) is 62.3 cm³/mol. The van der Waals surface area contributed by atoms with Gasteiger partial charge in [0.15, 0.2) is 0 Å². The van der Waals surface area contributed by atoms with Crippen LogP contribution in [0.1, 0.15) is 33.6 Å². The molecule has 0 aromatic carbocycles. The van der Waals surface area contributed by atoms with Gasteiger partial charge in [0.2, 0.25) is 0 Å². The van der Waals surface area contributed by atoms with E-state index in [0.717, 1.165) is 0 Å². The van der Waals surface area contributed by atoms with Crippen molar-refractivity contribution < 1.29 is 4.79 Å². The fraction of sp³-hybridized carbons (Fsp3) is 0.778. The van der Waals surface area contributed by atoms with Crippen LogP contribution in [0.15, 0.2) is 0 Å². The van der Waals surface area contributed by atoms with Crippen LogP contribution in [-0.4, -0.2) is 23.1 Å². The van der Waals surface area contributed by atoms with Crippen molar-refractivity contribution in [1.82, 2.24) is 10.6 Å². The van der Waals surface area contributed by atoms with Crippen LogP contribution in [0.3, 0.4) is 0 Å². The summed E-state index contributed by atoms with van der Waals surface area (Å²) in [5.41, 5.74) is 5.08. The van der Waals surface area contributed by atoms with Gasteiger partial charge in [0.25, 0.3) is 0 Å². The summed E-state index contributed by atoms with van der Waals surface area (Å²) in [7, 11) is 0. The molecule has 0 unspecified atom stereocenters. The number of urea groups is 1. The van der Waals surface area contributed by atoms with Gasteiger partial charge in [0.05, 0.1) is 10.5 Å². The summed E-state index contributed by atoms with van der Waals surface area (Å²) >= 11 is 4.97. The van der Waals surface area contributed by atoms with Crippen LogP contribution in [0.2, 0.25) is 0 Å². The number of nitrogens with one attached hydrogen (secondary N) is 2. The summed E-state index contributed by atoms with van der Waals surface area (Å²) in [5.74, 6) is 0. The topological polar surface area (TPSA) is 67.2 Å². The first-order valence-corrected chi connectivity index (χ1v) is 5.29. The van der Waals surface area contributed by atoms with Crippen molar-refractivity contribution in [1.29, 1.82) is 0 Å². The Morgan fingerprint density at radius 3 is 2.14 bits per heavy atom. The highest BCUT2D eigenvalue weighted by molar-refractivity contribution is 7.80. The number of hydrogen-bond donors (Lipinski definition) is 3. The van der Waals surface area contributed by atoms with Crippen molar-refractivity contribution in [3.05, 3.63) is 0 Å². The Bertz CT molecular complexity index is 214. The van der Waals surface area contributed by atoms with Gasteiger partial charge in [-0.15, -0.1) is 0 Å². The largest absolute Gasteiger partial charge is 0.391 e. The summed E-state index contributed by atoms with van der Waals surface area (Å²) < 4.78 is 0. The second-order valence-corrected chi connectivity index (χ2v) is 3.58. The summed E-state index contributed by atoms with van der Waals surface area (Å²) in [6.45, 7) is 6.36. The fourth-order valence-corrected chi connectivity index (χ4v) is 1.60. The van der Waals surface area contributed by atoms with Gasteiger partial charge in [-0.2, -0.15) is 0 Å². The van der Waals surface area contributed by atoms with Crippen molar-refractivity contribution >= 4 is 23.2 Å². The van der Waals surface area contributed by atoms with Crippen LogP contribution in [0.5, 0.6) is 0 Å². The van der Waals surface area contributed by atoms with Gasteiger partial charge < -0.3 is 16.4 Å². The Labute approximate surface area is 90.6 Å². The van der Waals surface area contributed by atoms with E-state index in [2.05, 4.69) is 10.6 Å². The van der Waals surface area contributed by atoms with E-state index in [0.29, 0.717) is 24.4 Å². The molecule has 0 radical (unpaired) electrons. The van der Waals surface area contributed by atoms with Crippen molar-refractivity contribution in [2.45, 2.75) is 39.2 Å². The maximum atomic E-state index is 11.3. The summed E-state index contributed by atoms with van der Waals surface area (Å²) in [6, 6.07) is -0.219. The average Bonchev–Trinajstić information content (AvgIpc) is 2.14. The molecule has 0 bridgehead atoms. The molecule has 14 heavy (non-hydrogen) atoms. The van der Waals surface area contributed by atoms with E-state index in [4.69, 9.17) is 18.0 Å². The second-order valence-electron chi connectivity index (χ2n) is 3.14. The first-order chi connectivity index (χ1) is 6.52. The van der Waals surface area contributed by atoms with Gasteiger partial charge in [-0.25, -0.2) is 4.79 Å². The second kappa shape index (κ2) is 5.80. The quantitative estimate of drug-likeness (QED) is 0.605. The van der Waals surface area contributed by atoms with Crippen LogP contribution in [0.4, 0.5) is 4.79 Å². The molecule has 5 heteroatoms. The van der Waals surface area contributed by atoms with Gasteiger partial charge in [-0.05, 0) is 19.8 Å². The molecule has 0 heterocycles. The monoisotopic (exact) mass is 217 g/mol. The molecule has 0 aliphatic heterocycles.